The Morgan fingerprint density at radius 1 is 0.821 bits per heavy atom. The van der Waals surface area contributed by atoms with Gasteiger partial charge in [0.25, 0.3) is 0 Å². The van der Waals surface area contributed by atoms with E-state index in [1.807, 2.05) is 55.5 Å². The maximum absolute atomic E-state index is 12.7. The molecule has 0 N–H and O–H groups in total. The lowest BCUT2D eigenvalue weighted by molar-refractivity contribution is 0.0469. The van der Waals surface area contributed by atoms with Crippen molar-refractivity contribution in [1.82, 2.24) is 0 Å². The van der Waals surface area contributed by atoms with Crippen LogP contribution in [0.3, 0.4) is 0 Å². The van der Waals surface area contributed by atoms with Gasteiger partial charge >= 0.3 is 5.97 Å². The monoisotopic (exact) mass is 378 g/mol. The van der Waals surface area contributed by atoms with Crippen molar-refractivity contribution in [3.05, 3.63) is 83.4 Å². The standard InChI is InChI=1S/C23H22O5/c1-16-13-21(25-2)22(26-3)14-17(16)15-27-23(24)19-11-7-8-12-20(19)28-18-9-5-4-6-10-18/h4-14H,15H2,1-3H3. The summed E-state index contributed by atoms with van der Waals surface area (Å²) < 4.78 is 22.0. The van der Waals surface area contributed by atoms with Gasteiger partial charge in [-0.1, -0.05) is 30.3 Å². The lowest BCUT2D eigenvalue weighted by Gasteiger charge is -2.14. The number of para-hydroxylation sites is 2. The molecule has 3 rings (SSSR count). The molecule has 0 fully saturated rings. The highest BCUT2D eigenvalue weighted by atomic mass is 16.5. The molecule has 0 bridgehead atoms. The van der Waals surface area contributed by atoms with E-state index in [2.05, 4.69) is 0 Å². The van der Waals surface area contributed by atoms with Crippen molar-refractivity contribution >= 4 is 5.97 Å². The predicted molar refractivity (Wildman–Crippen MR) is 106 cm³/mol. The van der Waals surface area contributed by atoms with Gasteiger partial charge in [0, 0.05) is 0 Å². The molecule has 3 aromatic rings. The summed E-state index contributed by atoms with van der Waals surface area (Å²) in [4.78, 5) is 12.7. The van der Waals surface area contributed by atoms with E-state index in [-0.39, 0.29) is 6.61 Å². The Balaban J connectivity index is 1.76. The molecule has 28 heavy (non-hydrogen) atoms. The number of benzene rings is 3. The molecule has 0 unspecified atom stereocenters. The molecule has 0 heterocycles. The summed E-state index contributed by atoms with van der Waals surface area (Å²) >= 11 is 0. The zero-order valence-corrected chi connectivity index (χ0v) is 16.1. The topological polar surface area (TPSA) is 54.0 Å². The van der Waals surface area contributed by atoms with Crippen molar-refractivity contribution in [1.29, 1.82) is 0 Å². The van der Waals surface area contributed by atoms with Crippen LogP contribution >= 0.6 is 0 Å². The van der Waals surface area contributed by atoms with Crippen LogP contribution in [0.2, 0.25) is 0 Å². The second-order valence-electron chi connectivity index (χ2n) is 6.12. The van der Waals surface area contributed by atoms with Crippen molar-refractivity contribution in [2.45, 2.75) is 13.5 Å². The smallest absolute Gasteiger partial charge is 0.342 e. The van der Waals surface area contributed by atoms with E-state index in [0.29, 0.717) is 28.6 Å². The number of carbonyl (C=O) groups excluding carboxylic acids is 1. The quantitative estimate of drug-likeness (QED) is 0.532. The number of hydrogen-bond donors (Lipinski definition) is 0. The largest absolute Gasteiger partial charge is 0.493 e. The zero-order chi connectivity index (χ0) is 19.9. The maximum atomic E-state index is 12.7. The van der Waals surface area contributed by atoms with E-state index in [9.17, 15) is 4.79 Å². The second-order valence-corrected chi connectivity index (χ2v) is 6.12. The van der Waals surface area contributed by atoms with Gasteiger partial charge in [0.15, 0.2) is 11.5 Å². The molecule has 0 aliphatic carbocycles. The molecule has 0 aliphatic rings. The maximum Gasteiger partial charge on any atom is 0.342 e. The van der Waals surface area contributed by atoms with E-state index in [0.717, 1.165) is 11.1 Å². The fourth-order valence-electron chi connectivity index (χ4n) is 2.74. The molecule has 0 atom stereocenters. The van der Waals surface area contributed by atoms with E-state index in [4.69, 9.17) is 18.9 Å². The average Bonchev–Trinajstić information content (AvgIpc) is 2.73. The first-order valence-electron chi connectivity index (χ1n) is 8.83. The van der Waals surface area contributed by atoms with Gasteiger partial charge in [0.05, 0.1) is 14.2 Å². The number of esters is 1. The Bertz CT molecular complexity index is 950. The Kier molecular flexibility index (Phi) is 6.17. The summed E-state index contributed by atoms with van der Waals surface area (Å²) in [5.41, 5.74) is 2.15. The normalized spacial score (nSPS) is 10.2. The summed E-state index contributed by atoms with van der Waals surface area (Å²) in [5, 5.41) is 0. The molecule has 0 saturated heterocycles. The van der Waals surface area contributed by atoms with Crippen molar-refractivity contribution in [3.8, 4) is 23.0 Å². The molecule has 0 amide bonds. The SMILES string of the molecule is COc1cc(C)c(COC(=O)c2ccccc2Oc2ccccc2)cc1OC. The van der Waals surface area contributed by atoms with Crippen molar-refractivity contribution in [2.75, 3.05) is 14.2 Å². The molecule has 3 aromatic carbocycles. The Labute approximate surface area is 164 Å². The number of methoxy groups -OCH3 is 2. The Hall–Kier alpha value is -3.47. The van der Waals surface area contributed by atoms with Crippen LogP contribution in [0.4, 0.5) is 0 Å². The molecule has 0 spiro atoms. The Morgan fingerprint density at radius 2 is 1.46 bits per heavy atom. The average molecular weight is 378 g/mol. The molecule has 0 saturated carbocycles. The van der Waals surface area contributed by atoms with Gasteiger partial charge in [-0.15, -0.1) is 0 Å². The minimum Gasteiger partial charge on any atom is -0.493 e. The molecule has 0 aromatic heterocycles. The van der Waals surface area contributed by atoms with Gasteiger partial charge in [-0.25, -0.2) is 4.79 Å². The van der Waals surface area contributed by atoms with Crippen LogP contribution in [0.1, 0.15) is 21.5 Å². The van der Waals surface area contributed by atoms with E-state index in [1.165, 1.54) is 0 Å². The van der Waals surface area contributed by atoms with E-state index in [1.54, 1.807) is 32.4 Å². The van der Waals surface area contributed by atoms with Crippen LogP contribution in [-0.4, -0.2) is 20.2 Å². The number of carbonyl (C=O) groups is 1. The molecule has 0 aliphatic heterocycles. The number of rotatable bonds is 7. The van der Waals surface area contributed by atoms with Crippen LogP contribution in [0.5, 0.6) is 23.0 Å². The van der Waals surface area contributed by atoms with Crippen LogP contribution in [-0.2, 0) is 11.3 Å². The highest BCUT2D eigenvalue weighted by Crippen LogP contribution is 2.31. The molecular weight excluding hydrogens is 356 g/mol. The molecule has 0 radical (unpaired) electrons. The molecule has 5 heteroatoms. The molecule has 5 nitrogen and oxygen atoms in total. The third kappa shape index (κ3) is 4.43. The number of ether oxygens (including phenoxy) is 4. The predicted octanol–water partition coefficient (Wildman–Crippen LogP) is 5.16. The van der Waals surface area contributed by atoms with Crippen LogP contribution in [0.25, 0.3) is 0 Å². The fraction of sp³-hybridized carbons (Fsp3) is 0.174. The summed E-state index contributed by atoms with van der Waals surface area (Å²) in [6.45, 7) is 2.04. The third-order valence-electron chi connectivity index (χ3n) is 4.28. The Morgan fingerprint density at radius 3 is 2.18 bits per heavy atom. The summed E-state index contributed by atoms with van der Waals surface area (Å²) in [6.07, 6.45) is 0. The van der Waals surface area contributed by atoms with Crippen LogP contribution < -0.4 is 14.2 Å². The summed E-state index contributed by atoms with van der Waals surface area (Å²) in [6, 6.07) is 20.0. The third-order valence-corrected chi connectivity index (χ3v) is 4.28. The number of aryl methyl sites for hydroxylation is 1. The van der Waals surface area contributed by atoms with Crippen LogP contribution in [0, 0.1) is 6.92 Å². The van der Waals surface area contributed by atoms with Crippen LogP contribution in [0.15, 0.2) is 66.7 Å². The highest BCUT2D eigenvalue weighted by molar-refractivity contribution is 5.92. The first-order valence-corrected chi connectivity index (χ1v) is 8.83. The number of hydrogen-bond acceptors (Lipinski definition) is 5. The van der Waals surface area contributed by atoms with Gasteiger partial charge in [-0.2, -0.15) is 0 Å². The van der Waals surface area contributed by atoms with Gasteiger partial charge < -0.3 is 18.9 Å². The molecular formula is C23H22O5. The minimum atomic E-state index is -0.458. The van der Waals surface area contributed by atoms with E-state index < -0.39 is 5.97 Å². The highest BCUT2D eigenvalue weighted by Gasteiger charge is 2.16. The van der Waals surface area contributed by atoms with Gasteiger partial charge in [0.2, 0.25) is 0 Å². The lowest BCUT2D eigenvalue weighted by Crippen LogP contribution is -2.08. The van der Waals surface area contributed by atoms with E-state index >= 15 is 0 Å². The van der Waals surface area contributed by atoms with Gasteiger partial charge in [-0.05, 0) is 54.4 Å². The lowest BCUT2D eigenvalue weighted by atomic mass is 10.1. The zero-order valence-electron chi connectivity index (χ0n) is 16.1. The van der Waals surface area contributed by atoms with Crippen molar-refractivity contribution in [2.24, 2.45) is 0 Å². The van der Waals surface area contributed by atoms with Crippen molar-refractivity contribution in [3.63, 3.8) is 0 Å². The van der Waals surface area contributed by atoms with Crippen molar-refractivity contribution < 1.29 is 23.7 Å². The summed E-state index contributed by atoms with van der Waals surface area (Å²) in [5.74, 6) is 1.87. The first kappa shape index (κ1) is 19.3. The summed E-state index contributed by atoms with van der Waals surface area (Å²) in [7, 11) is 3.15. The second kappa shape index (κ2) is 8.95. The fourth-order valence-corrected chi connectivity index (χ4v) is 2.74. The molecule has 144 valence electrons. The van der Waals surface area contributed by atoms with Gasteiger partial charge in [0.1, 0.15) is 23.7 Å². The minimum absolute atomic E-state index is 0.116. The van der Waals surface area contributed by atoms with Gasteiger partial charge in [-0.3, -0.25) is 0 Å². The first-order chi connectivity index (χ1) is 13.6.